The Bertz CT molecular complexity index is 396. The van der Waals surface area contributed by atoms with Crippen LogP contribution in [0.5, 0.6) is 0 Å². The van der Waals surface area contributed by atoms with E-state index < -0.39 is 5.97 Å². The van der Waals surface area contributed by atoms with Crippen molar-refractivity contribution in [1.29, 1.82) is 0 Å². The monoisotopic (exact) mass is 222 g/mol. The number of hydrogen-bond acceptors (Lipinski definition) is 4. The highest BCUT2D eigenvalue weighted by Gasteiger charge is 2.36. The summed E-state index contributed by atoms with van der Waals surface area (Å²) in [7, 11) is 0. The van der Waals surface area contributed by atoms with E-state index in [0.29, 0.717) is 5.82 Å². The molecule has 0 aromatic carbocycles. The summed E-state index contributed by atoms with van der Waals surface area (Å²) in [5.41, 5.74) is -0.102. The van der Waals surface area contributed by atoms with Gasteiger partial charge in [-0.3, -0.25) is 0 Å². The summed E-state index contributed by atoms with van der Waals surface area (Å²) in [5, 5.41) is 21.2. The molecule has 2 rings (SSSR count). The van der Waals surface area contributed by atoms with Gasteiger partial charge in [0, 0.05) is 6.20 Å². The highest BCUT2D eigenvalue weighted by atomic mass is 16.4. The van der Waals surface area contributed by atoms with Gasteiger partial charge in [0.25, 0.3) is 0 Å². The molecule has 0 saturated heterocycles. The van der Waals surface area contributed by atoms with E-state index in [4.69, 9.17) is 5.11 Å². The molecule has 1 fully saturated rings. The fraction of sp³-hybridized carbons (Fsp3) is 0.455. The quantitative estimate of drug-likeness (QED) is 0.710. The third kappa shape index (κ3) is 1.99. The number of hydrogen-bond donors (Lipinski definition) is 3. The minimum Gasteiger partial charge on any atom is -0.478 e. The Morgan fingerprint density at radius 2 is 2.31 bits per heavy atom. The van der Waals surface area contributed by atoms with Gasteiger partial charge in [0.2, 0.25) is 0 Å². The van der Waals surface area contributed by atoms with Crippen molar-refractivity contribution < 1.29 is 15.0 Å². The highest BCUT2D eigenvalue weighted by molar-refractivity contribution is 5.88. The lowest BCUT2D eigenvalue weighted by atomic mass is 9.77. The molecule has 86 valence electrons. The number of carbonyl (C=O) groups is 1. The summed E-state index contributed by atoms with van der Waals surface area (Å²) >= 11 is 0. The first-order valence-corrected chi connectivity index (χ1v) is 5.24. The zero-order valence-corrected chi connectivity index (χ0v) is 8.81. The van der Waals surface area contributed by atoms with Gasteiger partial charge in [-0.15, -0.1) is 0 Å². The minimum atomic E-state index is -0.975. The van der Waals surface area contributed by atoms with Gasteiger partial charge in [0.05, 0.1) is 17.7 Å². The van der Waals surface area contributed by atoms with Crippen molar-refractivity contribution in [2.75, 3.05) is 11.9 Å². The van der Waals surface area contributed by atoms with E-state index in [1.165, 1.54) is 18.3 Å². The SMILES string of the molecule is O=C(O)c1ccnc(NC2(CO)CCC2)c1. The smallest absolute Gasteiger partial charge is 0.335 e. The number of carboxylic acid groups (broad SMARTS) is 1. The van der Waals surface area contributed by atoms with Crippen molar-refractivity contribution >= 4 is 11.8 Å². The number of rotatable bonds is 4. The van der Waals surface area contributed by atoms with Gasteiger partial charge in [-0.1, -0.05) is 0 Å². The van der Waals surface area contributed by atoms with Crippen LogP contribution in [0.3, 0.4) is 0 Å². The average molecular weight is 222 g/mol. The third-order valence-corrected chi connectivity index (χ3v) is 3.01. The lowest BCUT2D eigenvalue weighted by Crippen LogP contribution is -2.48. The lowest BCUT2D eigenvalue weighted by molar-refractivity contribution is 0.0696. The molecule has 1 saturated carbocycles. The van der Waals surface area contributed by atoms with Crippen LogP contribution in [0.2, 0.25) is 0 Å². The fourth-order valence-corrected chi connectivity index (χ4v) is 1.83. The molecule has 0 atom stereocenters. The Morgan fingerprint density at radius 1 is 1.56 bits per heavy atom. The van der Waals surface area contributed by atoms with Gasteiger partial charge in [0.15, 0.2) is 0 Å². The third-order valence-electron chi connectivity index (χ3n) is 3.01. The van der Waals surface area contributed by atoms with Crippen LogP contribution in [0.1, 0.15) is 29.6 Å². The number of aromatic carboxylic acids is 1. The van der Waals surface area contributed by atoms with Crippen LogP contribution in [-0.4, -0.2) is 33.3 Å². The van der Waals surface area contributed by atoms with Crippen molar-refractivity contribution in [2.24, 2.45) is 0 Å². The molecule has 1 aromatic heterocycles. The second-order valence-corrected chi connectivity index (χ2v) is 4.15. The van der Waals surface area contributed by atoms with Gasteiger partial charge < -0.3 is 15.5 Å². The summed E-state index contributed by atoms with van der Waals surface area (Å²) in [6.07, 6.45) is 4.31. The molecule has 0 bridgehead atoms. The zero-order chi connectivity index (χ0) is 11.6. The first-order valence-electron chi connectivity index (χ1n) is 5.24. The van der Waals surface area contributed by atoms with Crippen molar-refractivity contribution in [3.05, 3.63) is 23.9 Å². The molecule has 0 spiro atoms. The highest BCUT2D eigenvalue weighted by Crippen LogP contribution is 2.34. The maximum atomic E-state index is 10.8. The second-order valence-electron chi connectivity index (χ2n) is 4.15. The predicted molar refractivity (Wildman–Crippen MR) is 58.5 cm³/mol. The van der Waals surface area contributed by atoms with Crippen LogP contribution in [-0.2, 0) is 0 Å². The second kappa shape index (κ2) is 4.09. The summed E-state index contributed by atoms with van der Waals surface area (Å²) in [5.74, 6) is -0.467. The topological polar surface area (TPSA) is 82.5 Å². The molecule has 0 unspecified atom stereocenters. The van der Waals surface area contributed by atoms with E-state index in [9.17, 15) is 9.90 Å². The van der Waals surface area contributed by atoms with Crippen molar-refractivity contribution in [3.8, 4) is 0 Å². The Kier molecular flexibility index (Phi) is 2.78. The van der Waals surface area contributed by atoms with E-state index >= 15 is 0 Å². The first kappa shape index (κ1) is 10.9. The van der Waals surface area contributed by atoms with Gasteiger partial charge in [0.1, 0.15) is 5.82 Å². The van der Waals surface area contributed by atoms with E-state index in [0.717, 1.165) is 19.3 Å². The van der Waals surface area contributed by atoms with Gasteiger partial charge in [-0.25, -0.2) is 9.78 Å². The molecule has 3 N–H and O–H groups in total. The van der Waals surface area contributed by atoms with Crippen LogP contribution in [0.15, 0.2) is 18.3 Å². The molecule has 1 aromatic rings. The molecular weight excluding hydrogens is 208 g/mol. The largest absolute Gasteiger partial charge is 0.478 e. The first-order chi connectivity index (χ1) is 7.65. The Morgan fingerprint density at radius 3 is 2.81 bits per heavy atom. The van der Waals surface area contributed by atoms with Crippen LogP contribution in [0, 0.1) is 0 Å². The number of aromatic nitrogens is 1. The number of nitrogens with zero attached hydrogens (tertiary/aromatic N) is 1. The van der Waals surface area contributed by atoms with Crippen molar-refractivity contribution in [2.45, 2.75) is 24.8 Å². The zero-order valence-electron chi connectivity index (χ0n) is 8.81. The maximum absolute atomic E-state index is 10.8. The van der Waals surface area contributed by atoms with E-state index in [-0.39, 0.29) is 17.7 Å². The Hall–Kier alpha value is -1.62. The molecule has 1 aliphatic rings. The molecular formula is C11H14N2O3. The summed E-state index contributed by atoms with van der Waals surface area (Å²) in [4.78, 5) is 14.8. The molecule has 5 nitrogen and oxygen atoms in total. The Balaban J connectivity index is 2.15. The normalized spacial score (nSPS) is 17.6. The summed E-state index contributed by atoms with van der Waals surface area (Å²) in [6.45, 7) is 0.0476. The van der Waals surface area contributed by atoms with Gasteiger partial charge >= 0.3 is 5.97 Å². The van der Waals surface area contributed by atoms with E-state index in [1.54, 1.807) is 0 Å². The number of anilines is 1. The molecule has 1 heterocycles. The lowest BCUT2D eigenvalue weighted by Gasteiger charge is -2.41. The molecule has 0 aliphatic heterocycles. The van der Waals surface area contributed by atoms with Crippen LogP contribution >= 0.6 is 0 Å². The number of carboxylic acids is 1. The number of nitrogens with one attached hydrogen (secondary N) is 1. The molecule has 1 aliphatic carbocycles. The summed E-state index contributed by atoms with van der Waals surface area (Å²) in [6, 6.07) is 2.93. The van der Waals surface area contributed by atoms with Crippen LogP contribution < -0.4 is 5.32 Å². The number of aliphatic hydroxyl groups is 1. The molecule has 16 heavy (non-hydrogen) atoms. The number of pyridine rings is 1. The van der Waals surface area contributed by atoms with Gasteiger partial charge in [-0.2, -0.15) is 0 Å². The minimum absolute atomic E-state index is 0.0476. The van der Waals surface area contributed by atoms with Crippen LogP contribution in [0.25, 0.3) is 0 Å². The standard InChI is InChI=1S/C11H14N2O3/c14-7-11(3-1-4-11)13-9-6-8(10(15)16)2-5-12-9/h2,5-6,14H,1,3-4,7H2,(H,12,13)(H,15,16). The average Bonchev–Trinajstić information content (AvgIpc) is 2.24. The van der Waals surface area contributed by atoms with Crippen molar-refractivity contribution in [3.63, 3.8) is 0 Å². The number of aliphatic hydroxyl groups excluding tert-OH is 1. The Labute approximate surface area is 93.1 Å². The predicted octanol–water partition coefficient (Wildman–Crippen LogP) is 1.11. The molecule has 0 amide bonds. The molecule has 0 radical (unpaired) electrons. The molecule has 5 heteroatoms. The maximum Gasteiger partial charge on any atom is 0.335 e. The van der Waals surface area contributed by atoms with E-state index in [1.807, 2.05) is 0 Å². The van der Waals surface area contributed by atoms with Gasteiger partial charge in [-0.05, 0) is 31.4 Å². The van der Waals surface area contributed by atoms with Crippen molar-refractivity contribution in [1.82, 2.24) is 4.98 Å². The van der Waals surface area contributed by atoms with E-state index in [2.05, 4.69) is 10.3 Å². The summed E-state index contributed by atoms with van der Waals surface area (Å²) < 4.78 is 0. The fourth-order valence-electron chi connectivity index (χ4n) is 1.83. The van der Waals surface area contributed by atoms with Crippen LogP contribution in [0.4, 0.5) is 5.82 Å².